The molecule has 3 N–H and O–H groups in total. The number of carbonyl (C=O) groups is 2. The van der Waals surface area contributed by atoms with Crippen molar-refractivity contribution in [3.8, 4) is 0 Å². The van der Waals surface area contributed by atoms with Gasteiger partial charge >= 0.3 is 0 Å². The summed E-state index contributed by atoms with van der Waals surface area (Å²) in [7, 11) is 0. The van der Waals surface area contributed by atoms with Crippen molar-refractivity contribution >= 4 is 40.2 Å². The average molecular weight is 379 g/mol. The number of hydrogen-bond donors (Lipinski definition) is 2. The minimum absolute atomic E-state index is 0.129. The van der Waals surface area contributed by atoms with Crippen molar-refractivity contribution in [1.29, 1.82) is 0 Å². The summed E-state index contributed by atoms with van der Waals surface area (Å²) in [5.74, 6) is -0.624. The first kappa shape index (κ1) is 18.9. The van der Waals surface area contributed by atoms with Crippen LogP contribution >= 0.6 is 11.8 Å². The van der Waals surface area contributed by atoms with Gasteiger partial charge in [-0.25, -0.2) is 4.98 Å². The van der Waals surface area contributed by atoms with Crippen LogP contribution in [0.3, 0.4) is 0 Å². The van der Waals surface area contributed by atoms with E-state index in [4.69, 9.17) is 10.7 Å². The number of para-hydroxylation sites is 1. The van der Waals surface area contributed by atoms with Gasteiger partial charge in [0.25, 0.3) is 0 Å². The van der Waals surface area contributed by atoms with Crippen molar-refractivity contribution in [2.24, 2.45) is 5.73 Å². The maximum Gasteiger partial charge on any atom is 0.248 e. The van der Waals surface area contributed by atoms with Crippen LogP contribution in [0.5, 0.6) is 0 Å². The molecule has 0 radical (unpaired) electrons. The third-order valence-corrected chi connectivity index (χ3v) is 5.35. The Labute approximate surface area is 162 Å². The standard InChI is InChI=1S/C21H21N3O2S/c1-12-5-4-6-17-13(2)11-18(24-19(12)17)27-14(3)21(26)23-16-9-7-15(8-10-16)20(22)25/h4-11,14H,1-3H3,(H2,22,25)(H,23,26). The van der Waals surface area contributed by atoms with Crippen LogP contribution in [-0.4, -0.2) is 22.0 Å². The van der Waals surface area contributed by atoms with Crippen LogP contribution in [0, 0.1) is 13.8 Å². The molecule has 1 atom stereocenters. The van der Waals surface area contributed by atoms with E-state index in [1.54, 1.807) is 24.3 Å². The number of hydrogen-bond acceptors (Lipinski definition) is 4. The lowest BCUT2D eigenvalue weighted by Crippen LogP contribution is -2.22. The highest BCUT2D eigenvalue weighted by Gasteiger charge is 2.16. The highest BCUT2D eigenvalue weighted by molar-refractivity contribution is 8.00. The summed E-state index contributed by atoms with van der Waals surface area (Å²) < 4.78 is 0. The van der Waals surface area contributed by atoms with Crippen LogP contribution in [-0.2, 0) is 4.79 Å². The number of benzene rings is 2. The first-order chi connectivity index (χ1) is 12.8. The van der Waals surface area contributed by atoms with Gasteiger partial charge in [-0.1, -0.05) is 30.0 Å². The van der Waals surface area contributed by atoms with Crippen LogP contribution in [0.25, 0.3) is 10.9 Å². The lowest BCUT2D eigenvalue weighted by molar-refractivity contribution is -0.115. The Hall–Kier alpha value is -2.86. The Morgan fingerprint density at radius 2 is 1.78 bits per heavy atom. The molecule has 5 nitrogen and oxygen atoms in total. The summed E-state index contributed by atoms with van der Waals surface area (Å²) in [5, 5.41) is 4.48. The molecule has 1 aromatic heterocycles. The van der Waals surface area contributed by atoms with Crippen LogP contribution < -0.4 is 11.1 Å². The van der Waals surface area contributed by atoms with Gasteiger partial charge in [0.1, 0.15) is 0 Å². The summed E-state index contributed by atoms with van der Waals surface area (Å²) in [6.45, 7) is 5.94. The number of rotatable bonds is 5. The number of fused-ring (bicyclic) bond motifs is 1. The molecule has 2 amide bonds. The Kier molecular flexibility index (Phi) is 5.46. The summed E-state index contributed by atoms with van der Waals surface area (Å²) in [5.41, 5.74) is 9.47. The van der Waals surface area contributed by atoms with Gasteiger partial charge in [-0.15, -0.1) is 0 Å². The first-order valence-electron chi connectivity index (χ1n) is 8.59. The van der Waals surface area contributed by atoms with Gasteiger partial charge in [0.2, 0.25) is 11.8 Å². The molecular weight excluding hydrogens is 358 g/mol. The number of amides is 2. The Morgan fingerprint density at radius 3 is 2.44 bits per heavy atom. The van der Waals surface area contributed by atoms with E-state index in [-0.39, 0.29) is 11.2 Å². The minimum atomic E-state index is -0.496. The van der Waals surface area contributed by atoms with Crippen molar-refractivity contribution in [3.63, 3.8) is 0 Å². The molecule has 0 aliphatic carbocycles. The maximum absolute atomic E-state index is 12.5. The molecule has 0 bridgehead atoms. The number of thioether (sulfide) groups is 1. The number of nitrogens with zero attached hydrogens (tertiary/aromatic N) is 1. The Balaban J connectivity index is 1.73. The van der Waals surface area contributed by atoms with Crippen molar-refractivity contribution in [2.45, 2.75) is 31.0 Å². The zero-order chi connectivity index (χ0) is 19.6. The van der Waals surface area contributed by atoms with Gasteiger partial charge < -0.3 is 11.1 Å². The number of nitrogens with two attached hydrogens (primary N) is 1. The zero-order valence-corrected chi connectivity index (χ0v) is 16.3. The monoisotopic (exact) mass is 379 g/mol. The van der Waals surface area contributed by atoms with Crippen molar-refractivity contribution in [2.75, 3.05) is 5.32 Å². The highest BCUT2D eigenvalue weighted by atomic mass is 32.2. The van der Waals surface area contributed by atoms with Crippen LogP contribution in [0.4, 0.5) is 5.69 Å². The summed E-state index contributed by atoms with van der Waals surface area (Å²) in [6, 6.07) is 14.6. The topological polar surface area (TPSA) is 85.1 Å². The van der Waals surface area contributed by atoms with E-state index < -0.39 is 5.91 Å². The van der Waals surface area contributed by atoms with Crippen LogP contribution in [0.15, 0.2) is 53.6 Å². The molecule has 3 aromatic rings. The molecule has 138 valence electrons. The number of anilines is 1. The fourth-order valence-corrected chi connectivity index (χ4v) is 3.70. The molecule has 2 aromatic carbocycles. The van der Waals surface area contributed by atoms with Gasteiger partial charge in [0.05, 0.1) is 15.8 Å². The fourth-order valence-electron chi connectivity index (χ4n) is 2.79. The number of aryl methyl sites for hydroxylation is 2. The largest absolute Gasteiger partial charge is 0.366 e. The molecule has 1 heterocycles. The third-order valence-electron chi connectivity index (χ3n) is 4.33. The molecule has 0 aliphatic rings. The molecule has 1 unspecified atom stereocenters. The molecule has 3 rings (SSSR count). The van der Waals surface area contributed by atoms with Gasteiger partial charge in [-0.3, -0.25) is 9.59 Å². The maximum atomic E-state index is 12.5. The van der Waals surface area contributed by atoms with Crippen LogP contribution in [0.2, 0.25) is 0 Å². The third kappa shape index (κ3) is 4.28. The number of primary amides is 1. The predicted molar refractivity (Wildman–Crippen MR) is 110 cm³/mol. The minimum Gasteiger partial charge on any atom is -0.366 e. The second-order valence-corrected chi connectivity index (χ2v) is 7.80. The first-order valence-corrected chi connectivity index (χ1v) is 9.47. The second-order valence-electron chi connectivity index (χ2n) is 6.44. The van der Waals surface area contributed by atoms with Gasteiger partial charge in [-0.05, 0) is 62.2 Å². The van der Waals surface area contributed by atoms with Crippen molar-refractivity contribution in [3.05, 3.63) is 65.2 Å². The molecular formula is C21H21N3O2S. The number of pyridine rings is 1. The lowest BCUT2D eigenvalue weighted by atomic mass is 10.1. The second kappa shape index (κ2) is 7.80. The molecule has 0 saturated heterocycles. The lowest BCUT2D eigenvalue weighted by Gasteiger charge is -2.13. The SMILES string of the molecule is Cc1cc(SC(C)C(=O)Nc2ccc(C(N)=O)cc2)nc2c(C)cccc12. The van der Waals surface area contributed by atoms with Gasteiger partial charge in [-0.2, -0.15) is 0 Å². The number of aromatic nitrogens is 1. The summed E-state index contributed by atoms with van der Waals surface area (Å²) in [4.78, 5) is 28.3. The van der Waals surface area contributed by atoms with E-state index in [2.05, 4.69) is 18.3 Å². The number of nitrogens with one attached hydrogen (secondary N) is 1. The number of carbonyl (C=O) groups excluding carboxylic acids is 2. The van der Waals surface area contributed by atoms with E-state index in [0.717, 1.165) is 27.1 Å². The summed E-state index contributed by atoms with van der Waals surface area (Å²) >= 11 is 1.42. The zero-order valence-electron chi connectivity index (χ0n) is 15.4. The van der Waals surface area contributed by atoms with E-state index >= 15 is 0 Å². The summed E-state index contributed by atoms with van der Waals surface area (Å²) in [6.07, 6.45) is 0. The smallest absolute Gasteiger partial charge is 0.248 e. The van der Waals surface area contributed by atoms with E-state index in [1.165, 1.54) is 11.8 Å². The molecule has 0 aliphatic heterocycles. The van der Waals surface area contributed by atoms with Crippen LogP contribution in [0.1, 0.15) is 28.4 Å². The van der Waals surface area contributed by atoms with E-state index in [1.807, 2.05) is 32.0 Å². The van der Waals surface area contributed by atoms with Gasteiger partial charge in [0, 0.05) is 16.6 Å². The average Bonchev–Trinajstić information content (AvgIpc) is 2.63. The molecule has 0 fully saturated rings. The van der Waals surface area contributed by atoms with E-state index in [0.29, 0.717) is 11.3 Å². The molecule has 0 spiro atoms. The normalized spacial score (nSPS) is 12.0. The Bertz CT molecular complexity index is 1020. The molecule has 6 heteroatoms. The highest BCUT2D eigenvalue weighted by Crippen LogP contribution is 2.28. The van der Waals surface area contributed by atoms with Crippen molar-refractivity contribution < 1.29 is 9.59 Å². The van der Waals surface area contributed by atoms with E-state index in [9.17, 15) is 9.59 Å². The fraction of sp³-hybridized carbons (Fsp3) is 0.190. The Morgan fingerprint density at radius 1 is 1.07 bits per heavy atom. The molecule has 27 heavy (non-hydrogen) atoms. The van der Waals surface area contributed by atoms with Crippen molar-refractivity contribution in [1.82, 2.24) is 4.98 Å². The molecule has 0 saturated carbocycles. The quantitative estimate of drug-likeness (QED) is 0.655. The van der Waals surface area contributed by atoms with Gasteiger partial charge in [0.15, 0.2) is 0 Å². The predicted octanol–water partition coefficient (Wildman–Crippen LogP) is 4.07.